The molecule has 1 aromatic rings. The van der Waals surface area contributed by atoms with Crippen molar-refractivity contribution in [2.45, 2.75) is 32.1 Å². The maximum absolute atomic E-state index is 12.0. The molecule has 1 aromatic heterocycles. The number of nitrogens with zero attached hydrogens (tertiary/aromatic N) is 1. The number of hydrogen-bond donors (Lipinski definition) is 1. The smallest absolute Gasteiger partial charge is 0.308 e. The second kappa shape index (κ2) is 5.11. The lowest BCUT2D eigenvalue weighted by molar-refractivity contribution is -0.139. The van der Waals surface area contributed by atoms with E-state index >= 15 is 0 Å². The van der Waals surface area contributed by atoms with Crippen LogP contribution in [0, 0.1) is 0 Å². The van der Waals surface area contributed by atoms with Crippen LogP contribution in [0.5, 0.6) is 0 Å². The van der Waals surface area contributed by atoms with Gasteiger partial charge in [0.15, 0.2) is 0 Å². The Morgan fingerprint density at radius 3 is 2.67 bits per heavy atom. The van der Waals surface area contributed by atoms with Crippen molar-refractivity contribution in [3.8, 4) is 0 Å². The van der Waals surface area contributed by atoms with E-state index in [2.05, 4.69) is 10.3 Å². The summed E-state index contributed by atoms with van der Waals surface area (Å²) in [5, 5.41) is 2.77. The van der Waals surface area contributed by atoms with Crippen LogP contribution in [0.25, 0.3) is 0 Å². The molecule has 0 aliphatic rings. The zero-order chi connectivity index (χ0) is 11.3. The molecule has 0 spiro atoms. The molecule has 1 N–H and O–H groups in total. The fraction of sp³-hybridized carbons (Fsp3) is 0.500. The number of halogens is 3. The summed E-state index contributed by atoms with van der Waals surface area (Å²) in [7, 11) is 0. The van der Waals surface area contributed by atoms with Crippen LogP contribution < -0.4 is 5.32 Å². The zero-order valence-electron chi connectivity index (χ0n) is 8.38. The molecule has 0 bridgehead atoms. The van der Waals surface area contributed by atoms with Crippen LogP contribution in [0.1, 0.15) is 19.0 Å². The third-order valence-corrected chi connectivity index (χ3v) is 1.90. The van der Waals surface area contributed by atoms with Gasteiger partial charge in [-0.25, -0.2) is 0 Å². The van der Waals surface area contributed by atoms with Crippen LogP contribution in [-0.4, -0.2) is 17.2 Å². The Hall–Kier alpha value is -1.10. The van der Waals surface area contributed by atoms with Crippen LogP contribution in [0.15, 0.2) is 24.4 Å². The standard InChI is InChI=1S/C10H13F3N2/c1-8(6-10(11,12)13)15-7-9-4-2-3-5-14-9/h2-5,8,15H,6-7H2,1H3. The number of alkyl halides is 3. The van der Waals surface area contributed by atoms with Crippen molar-refractivity contribution in [2.24, 2.45) is 0 Å². The average molecular weight is 218 g/mol. The van der Waals surface area contributed by atoms with Gasteiger partial charge in [-0.15, -0.1) is 0 Å². The first-order chi connectivity index (χ1) is 6.97. The van der Waals surface area contributed by atoms with Gasteiger partial charge in [-0.3, -0.25) is 4.98 Å². The van der Waals surface area contributed by atoms with Crippen molar-refractivity contribution in [3.63, 3.8) is 0 Å². The second-order valence-electron chi connectivity index (χ2n) is 3.42. The molecule has 0 aromatic carbocycles. The van der Waals surface area contributed by atoms with E-state index in [0.717, 1.165) is 5.69 Å². The molecule has 84 valence electrons. The molecule has 1 atom stereocenters. The summed E-state index contributed by atoms with van der Waals surface area (Å²) >= 11 is 0. The van der Waals surface area contributed by atoms with E-state index in [0.29, 0.717) is 6.54 Å². The molecule has 5 heteroatoms. The number of hydrogen-bond acceptors (Lipinski definition) is 2. The highest BCUT2D eigenvalue weighted by Gasteiger charge is 2.29. The largest absolute Gasteiger partial charge is 0.390 e. The monoisotopic (exact) mass is 218 g/mol. The Balaban J connectivity index is 2.32. The predicted octanol–water partition coefficient (Wildman–Crippen LogP) is 2.51. The van der Waals surface area contributed by atoms with Gasteiger partial charge < -0.3 is 5.32 Å². The molecule has 0 amide bonds. The van der Waals surface area contributed by atoms with Crippen LogP contribution in [0.3, 0.4) is 0 Å². The number of pyridine rings is 1. The molecule has 0 saturated carbocycles. The fourth-order valence-corrected chi connectivity index (χ4v) is 1.20. The molecule has 1 unspecified atom stereocenters. The quantitative estimate of drug-likeness (QED) is 0.839. The number of rotatable bonds is 4. The van der Waals surface area contributed by atoms with Gasteiger partial charge in [0.2, 0.25) is 0 Å². The second-order valence-corrected chi connectivity index (χ2v) is 3.42. The number of nitrogens with one attached hydrogen (secondary N) is 1. The minimum absolute atomic E-state index is 0.359. The van der Waals surface area contributed by atoms with E-state index in [4.69, 9.17) is 0 Å². The first-order valence-electron chi connectivity index (χ1n) is 4.67. The first-order valence-corrected chi connectivity index (χ1v) is 4.67. The van der Waals surface area contributed by atoms with Gasteiger partial charge in [0.05, 0.1) is 12.1 Å². The van der Waals surface area contributed by atoms with Crippen molar-refractivity contribution in [3.05, 3.63) is 30.1 Å². The third-order valence-electron chi connectivity index (χ3n) is 1.90. The lowest BCUT2D eigenvalue weighted by Gasteiger charge is -2.15. The van der Waals surface area contributed by atoms with Gasteiger partial charge in [0, 0.05) is 18.8 Å². The van der Waals surface area contributed by atoms with E-state index in [1.165, 1.54) is 6.92 Å². The molecule has 2 nitrogen and oxygen atoms in total. The van der Waals surface area contributed by atoms with Gasteiger partial charge in [-0.05, 0) is 19.1 Å². The van der Waals surface area contributed by atoms with Gasteiger partial charge >= 0.3 is 6.18 Å². The Morgan fingerprint density at radius 1 is 1.40 bits per heavy atom. The highest BCUT2D eigenvalue weighted by molar-refractivity contribution is 5.03. The summed E-state index contributed by atoms with van der Waals surface area (Å²) < 4.78 is 35.9. The molecule has 0 aliphatic carbocycles. The molecule has 0 saturated heterocycles. The molecule has 0 aliphatic heterocycles. The van der Waals surface area contributed by atoms with E-state index in [1.54, 1.807) is 24.4 Å². The summed E-state index contributed by atoms with van der Waals surface area (Å²) in [4.78, 5) is 4.00. The highest BCUT2D eigenvalue weighted by Crippen LogP contribution is 2.21. The molecule has 0 fully saturated rings. The van der Waals surface area contributed by atoms with Crippen LogP contribution in [-0.2, 0) is 6.54 Å². The lowest BCUT2D eigenvalue weighted by atomic mass is 10.2. The molecular weight excluding hydrogens is 205 g/mol. The topological polar surface area (TPSA) is 24.9 Å². The number of aromatic nitrogens is 1. The summed E-state index contributed by atoms with van der Waals surface area (Å²) in [6, 6.07) is 4.75. The first kappa shape index (κ1) is 12.0. The predicted molar refractivity (Wildman–Crippen MR) is 51.2 cm³/mol. The van der Waals surface area contributed by atoms with Crippen LogP contribution in [0.4, 0.5) is 13.2 Å². The van der Waals surface area contributed by atoms with Crippen molar-refractivity contribution < 1.29 is 13.2 Å². The Labute approximate surface area is 86.5 Å². The minimum atomic E-state index is -4.11. The van der Waals surface area contributed by atoms with Gasteiger partial charge in [0.25, 0.3) is 0 Å². The van der Waals surface area contributed by atoms with Crippen molar-refractivity contribution in [1.29, 1.82) is 0 Å². The maximum atomic E-state index is 12.0. The van der Waals surface area contributed by atoms with Crippen molar-refractivity contribution in [2.75, 3.05) is 0 Å². The summed E-state index contributed by atoms with van der Waals surface area (Å²) in [5.41, 5.74) is 0.742. The molecule has 0 radical (unpaired) electrons. The Morgan fingerprint density at radius 2 is 2.13 bits per heavy atom. The summed E-state index contributed by atoms with van der Waals surface area (Å²) in [6.45, 7) is 1.87. The Bertz CT molecular complexity index is 284. The Kier molecular flexibility index (Phi) is 4.08. The molecule has 15 heavy (non-hydrogen) atoms. The van der Waals surface area contributed by atoms with Gasteiger partial charge in [-0.1, -0.05) is 6.07 Å². The van der Waals surface area contributed by atoms with E-state index in [9.17, 15) is 13.2 Å². The lowest BCUT2D eigenvalue weighted by Crippen LogP contribution is -2.30. The third kappa shape index (κ3) is 5.37. The minimum Gasteiger partial charge on any atom is -0.308 e. The SMILES string of the molecule is CC(CC(F)(F)F)NCc1ccccn1. The zero-order valence-corrected chi connectivity index (χ0v) is 8.38. The normalized spacial score (nSPS) is 13.9. The molecule has 1 heterocycles. The van der Waals surface area contributed by atoms with Gasteiger partial charge in [-0.2, -0.15) is 13.2 Å². The van der Waals surface area contributed by atoms with E-state index in [-0.39, 0.29) is 0 Å². The molecular formula is C10H13F3N2. The fourth-order valence-electron chi connectivity index (χ4n) is 1.20. The van der Waals surface area contributed by atoms with Crippen molar-refractivity contribution >= 4 is 0 Å². The summed E-state index contributed by atoms with van der Waals surface area (Å²) in [5.74, 6) is 0. The van der Waals surface area contributed by atoms with E-state index in [1.807, 2.05) is 0 Å². The van der Waals surface area contributed by atoms with Crippen LogP contribution >= 0.6 is 0 Å². The van der Waals surface area contributed by atoms with Crippen molar-refractivity contribution in [1.82, 2.24) is 10.3 Å². The average Bonchev–Trinajstić information content (AvgIpc) is 2.14. The highest BCUT2D eigenvalue weighted by atomic mass is 19.4. The van der Waals surface area contributed by atoms with Crippen LogP contribution in [0.2, 0.25) is 0 Å². The van der Waals surface area contributed by atoms with Gasteiger partial charge in [0.1, 0.15) is 0 Å². The van der Waals surface area contributed by atoms with E-state index < -0.39 is 18.6 Å². The molecule has 1 rings (SSSR count). The summed E-state index contributed by atoms with van der Waals surface area (Å²) in [6.07, 6.45) is -3.32. The maximum Gasteiger partial charge on any atom is 0.390 e.